The van der Waals surface area contributed by atoms with Crippen molar-refractivity contribution in [2.24, 2.45) is 0 Å². The summed E-state index contributed by atoms with van der Waals surface area (Å²) in [4.78, 5) is 27.8. The number of amides is 2. The van der Waals surface area contributed by atoms with Crippen LogP contribution in [-0.4, -0.2) is 50.0 Å². The number of benzene rings is 2. The van der Waals surface area contributed by atoms with E-state index >= 15 is 0 Å². The van der Waals surface area contributed by atoms with Gasteiger partial charge in [-0.1, -0.05) is 43.3 Å². The Morgan fingerprint density at radius 2 is 1.71 bits per heavy atom. The molecule has 2 amide bonds. The maximum Gasteiger partial charge on any atom is 0.242 e. The molecule has 35 heavy (non-hydrogen) atoms. The number of nitrogens with zero attached hydrogens (tertiary/aromatic N) is 2. The van der Waals surface area contributed by atoms with E-state index in [1.54, 1.807) is 17.9 Å². The molecular formula is C27H39N3O4S. The van der Waals surface area contributed by atoms with Crippen LogP contribution in [0.15, 0.2) is 48.5 Å². The first kappa shape index (κ1) is 28.4. The summed E-state index contributed by atoms with van der Waals surface area (Å²) >= 11 is 0. The molecule has 0 bridgehead atoms. The van der Waals surface area contributed by atoms with E-state index in [4.69, 9.17) is 0 Å². The average Bonchev–Trinajstić information content (AvgIpc) is 2.79. The van der Waals surface area contributed by atoms with Crippen molar-refractivity contribution in [1.29, 1.82) is 0 Å². The molecule has 0 aliphatic heterocycles. The van der Waals surface area contributed by atoms with Crippen LogP contribution in [0.5, 0.6) is 0 Å². The Labute approximate surface area is 210 Å². The van der Waals surface area contributed by atoms with Gasteiger partial charge in [-0.15, -0.1) is 0 Å². The number of carbonyl (C=O) groups is 2. The first-order valence-corrected chi connectivity index (χ1v) is 14.0. The van der Waals surface area contributed by atoms with Crippen molar-refractivity contribution in [3.05, 3.63) is 65.2 Å². The molecule has 1 N–H and O–H groups in total. The SMILES string of the molecule is CCC(C)NC(=O)C(C)N(Cc1ccccc1C)C(=O)CCCN(c1cccc(C)c1)S(C)(=O)=O. The van der Waals surface area contributed by atoms with Crippen molar-refractivity contribution < 1.29 is 18.0 Å². The van der Waals surface area contributed by atoms with Gasteiger partial charge in [0.2, 0.25) is 21.8 Å². The number of nitrogens with one attached hydrogen (secondary N) is 1. The van der Waals surface area contributed by atoms with E-state index in [1.165, 1.54) is 10.6 Å². The highest BCUT2D eigenvalue weighted by atomic mass is 32.2. The second-order valence-corrected chi connectivity index (χ2v) is 11.1. The van der Waals surface area contributed by atoms with Crippen LogP contribution in [-0.2, 0) is 26.2 Å². The van der Waals surface area contributed by atoms with Crippen molar-refractivity contribution in [3.8, 4) is 0 Å². The maximum absolute atomic E-state index is 13.4. The minimum absolute atomic E-state index is 0.0120. The minimum Gasteiger partial charge on any atom is -0.352 e. The standard InChI is InChI=1S/C27H39N3O4S/c1-7-22(4)28-27(32)23(5)29(19-24-14-9-8-13-21(24)3)26(31)16-11-17-30(35(6,33)34)25-15-10-12-20(2)18-25/h8-10,12-15,18,22-23H,7,11,16-17,19H2,1-6H3,(H,28,32). The summed E-state index contributed by atoms with van der Waals surface area (Å²) in [5.41, 5.74) is 3.56. The fourth-order valence-electron chi connectivity index (χ4n) is 3.81. The summed E-state index contributed by atoms with van der Waals surface area (Å²) in [6.45, 7) is 10.0. The van der Waals surface area contributed by atoms with E-state index in [2.05, 4.69) is 5.32 Å². The van der Waals surface area contributed by atoms with Gasteiger partial charge in [0.1, 0.15) is 6.04 Å². The van der Waals surface area contributed by atoms with Crippen molar-refractivity contribution in [2.75, 3.05) is 17.1 Å². The van der Waals surface area contributed by atoms with Gasteiger partial charge in [0.15, 0.2) is 0 Å². The molecule has 0 spiro atoms. The number of rotatable bonds is 12. The molecule has 0 heterocycles. The molecule has 2 unspecified atom stereocenters. The zero-order valence-corrected chi connectivity index (χ0v) is 22.6. The molecule has 2 rings (SSSR count). The second kappa shape index (κ2) is 12.7. The predicted octanol–water partition coefficient (Wildman–Crippen LogP) is 4.18. The molecule has 0 fully saturated rings. The van der Waals surface area contributed by atoms with Gasteiger partial charge in [0.05, 0.1) is 11.9 Å². The van der Waals surface area contributed by atoms with Crippen LogP contribution in [0.4, 0.5) is 5.69 Å². The van der Waals surface area contributed by atoms with E-state index in [-0.39, 0.29) is 30.8 Å². The Morgan fingerprint density at radius 3 is 2.31 bits per heavy atom. The number of sulfonamides is 1. The summed E-state index contributed by atoms with van der Waals surface area (Å²) in [6.07, 6.45) is 2.43. The maximum atomic E-state index is 13.4. The van der Waals surface area contributed by atoms with Crippen LogP contribution < -0.4 is 9.62 Å². The first-order chi connectivity index (χ1) is 16.4. The van der Waals surface area contributed by atoms with E-state index in [1.807, 2.05) is 70.2 Å². The van der Waals surface area contributed by atoms with Crippen LogP contribution in [0.25, 0.3) is 0 Å². The lowest BCUT2D eigenvalue weighted by molar-refractivity contribution is -0.140. The number of carbonyl (C=O) groups excluding carboxylic acids is 2. The summed E-state index contributed by atoms with van der Waals surface area (Å²) < 4.78 is 26.2. The zero-order valence-electron chi connectivity index (χ0n) is 21.7. The van der Waals surface area contributed by atoms with Crippen LogP contribution >= 0.6 is 0 Å². The minimum atomic E-state index is -3.51. The molecule has 7 nitrogen and oxygen atoms in total. The Balaban J connectivity index is 2.19. The molecule has 2 aromatic carbocycles. The number of anilines is 1. The third kappa shape index (κ3) is 8.38. The van der Waals surface area contributed by atoms with Gasteiger partial charge < -0.3 is 10.2 Å². The third-order valence-corrected chi connectivity index (χ3v) is 7.41. The summed E-state index contributed by atoms with van der Waals surface area (Å²) in [5.74, 6) is -0.378. The Hall–Kier alpha value is -2.87. The molecule has 0 aliphatic carbocycles. The molecule has 2 atom stereocenters. The highest BCUT2D eigenvalue weighted by molar-refractivity contribution is 7.92. The largest absolute Gasteiger partial charge is 0.352 e. The van der Waals surface area contributed by atoms with E-state index in [0.29, 0.717) is 18.7 Å². The molecule has 0 radical (unpaired) electrons. The third-order valence-electron chi connectivity index (χ3n) is 6.21. The number of hydrogen-bond acceptors (Lipinski definition) is 4. The Kier molecular flexibility index (Phi) is 10.3. The lowest BCUT2D eigenvalue weighted by Crippen LogP contribution is -2.49. The van der Waals surface area contributed by atoms with Crippen molar-refractivity contribution in [2.45, 2.75) is 72.5 Å². The number of hydrogen-bond donors (Lipinski definition) is 1. The van der Waals surface area contributed by atoms with Crippen molar-refractivity contribution in [3.63, 3.8) is 0 Å². The molecule has 0 saturated heterocycles. The topological polar surface area (TPSA) is 86.8 Å². The van der Waals surface area contributed by atoms with Crippen LogP contribution in [0.1, 0.15) is 56.7 Å². The molecule has 192 valence electrons. The molecule has 2 aromatic rings. The second-order valence-electron chi connectivity index (χ2n) is 9.22. The first-order valence-electron chi connectivity index (χ1n) is 12.1. The van der Waals surface area contributed by atoms with Gasteiger partial charge in [-0.2, -0.15) is 0 Å². The summed E-state index contributed by atoms with van der Waals surface area (Å²) in [7, 11) is -3.51. The average molecular weight is 502 g/mol. The molecule has 0 aromatic heterocycles. The van der Waals surface area contributed by atoms with Crippen molar-refractivity contribution >= 4 is 27.5 Å². The monoisotopic (exact) mass is 501 g/mol. The highest BCUT2D eigenvalue weighted by Crippen LogP contribution is 2.20. The van der Waals surface area contributed by atoms with Gasteiger partial charge >= 0.3 is 0 Å². The molecule has 0 aliphatic rings. The zero-order chi connectivity index (χ0) is 26.2. The molecule has 8 heteroatoms. The van der Waals surface area contributed by atoms with Gasteiger partial charge in [-0.25, -0.2) is 8.42 Å². The predicted molar refractivity (Wildman–Crippen MR) is 142 cm³/mol. The molecule has 0 saturated carbocycles. The van der Waals surface area contributed by atoms with Gasteiger partial charge in [-0.3, -0.25) is 13.9 Å². The van der Waals surface area contributed by atoms with Gasteiger partial charge in [-0.05, 0) is 69.4 Å². The Morgan fingerprint density at radius 1 is 1.03 bits per heavy atom. The summed E-state index contributed by atoms with van der Waals surface area (Å²) in [5, 5.41) is 2.97. The fourth-order valence-corrected chi connectivity index (χ4v) is 4.76. The molecular weight excluding hydrogens is 462 g/mol. The lowest BCUT2D eigenvalue weighted by Gasteiger charge is -2.30. The lowest BCUT2D eigenvalue weighted by atomic mass is 10.1. The van der Waals surface area contributed by atoms with Crippen LogP contribution in [0, 0.1) is 13.8 Å². The smallest absolute Gasteiger partial charge is 0.242 e. The van der Waals surface area contributed by atoms with E-state index in [0.717, 1.165) is 23.1 Å². The van der Waals surface area contributed by atoms with Gasteiger partial charge in [0.25, 0.3) is 0 Å². The van der Waals surface area contributed by atoms with Crippen LogP contribution in [0.2, 0.25) is 0 Å². The fraction of sp³-hybridized carbons (Fsp3) is 0.481. The highest BCUT2D eigenvalue weighted by Gasteiger charge is 2.27. The van der Waals surface area contributed by atoms with Crippen molar-refractivity contribution in [1.82, 2.24) is 10.2 Å². The van der Waals surface area contributed by atoms with E-state index < -0.39 is 16.1 Å². The van der Waals surface area contributed by atoms with Gasteiger partial charge in [0, 0.05) is 25.6 Å². The van der Waals surface area contributed by atoms with Crippen LogP contribution in [0.3, 0.4) is 0 Å². The number of aryl methyl sites for hydroxylation is 2. The quantitative estimate of drug-likeness (QED) is 0.473. The van der Waals surface area contributed by atoms with E-state index in [9.17, 15) is 18.0 Å². The normalized spacial score (nSPS) is 13.1. The summed E-state index contributed by atoms with van der Waals surface area (Å²) in [6, 6.07) is 14.4. The Bertz CT molecular complexity index is 1120.